The molecule has 0 aromatic heterocycles. The highest BCUT2D eigenvalue weighted by Crippen LogP contribution is 2.16. The maximum Gasteiger partial charge on any atom is 0.194 e. The summed E-state index contributed by atoms with van der Waals surface area (Å²) >= 11 is 0. The Kier molecular flexibility index (Phi) is 3.55. The molecule has 94 valence electrons. The lowest BCUT2D eigenvalue weighted by molar-refractivity contribution is 0.445. The zero-order chi connectivity index (χ0) is 13.1. The van der Waals surface area contributed by atoms with E-state index >= 15 is 0 Å². The SMILES string of the molecule is Cc1cccc(NCc2cc(F)c(F)c(F)c2)c1. The topological polar surface area (TPSA) is 12.0 Å². The predicted molar refractivity (Wildman–Crippen MR) is 64.8 cm³/mol. The molecule has 2 aromatic rings. The molecule has 0 spiro atoms. The third kappa shape index (κ3) is 2.83. The Bertz CT molecular complexity index is 544. The summed E-state index contributed by atoms with van der Waals surface area (Å²) in [7, 11) is 0. The molecular formula is C14H12F3N. The fourth-order valence-corrected chi connectivity index (χ4v) is 1.67. The molecule has 2 rings (SSSR count). The second kappa shape index (κ2) is 5.12. The van der Waals surface area contributed by atoms with Gasteiger partial charge in [-0.05, 0) is 42.3 Å². The van der Waals surface area contributed by atoms with Crippen molar-refractivity contribution in [3.63, 3.8) is 0 Å². The van der Waals surface area contributed by atoms with Gasteiger partial charge in [0.15, 0.2) is 17.5 Å². The minimum atomic E-state index is -1.44. The predicted octanol–water partition coefficient (Wildman–Crippen LogP) is 4.02. The van der Waals surface area contributed by atoms with Gasteiger partial charge in [0.25, 0.3) is 0 Å². The van der Waals surface area contributed by atoms with E-state index in [9.17, 15) is 13.2 Å². The first-order chi connectivity index (χ1) is 8.56. The molecule has 1 N–H and O–H groups in total. The molecule has 0 bridgehead atoms. The van der Waals surface area contributed by atoms with Gasteiger partial charge in [0.05, 0.1) is 0 Å². The fraction of sp³-hybridized carbons (Fsp3) is 0.143. The summed E-state index contributed by atoms with van der Waals surface area (Å²) in [6.45, 7) is 2.18. The van der Waals surface area contributed by atoms with E-state index in [1.54, 1.807) is 0 Å². The summed E-state index contributed by atoms with van der Waals surface area (Å²) in [5, 5.41) is 3.02. The Hall–Kier alpha value is -1.97. The van der Waals surface area contributed by atoms with Crippen molar-refractivity contribution in [1.82, 2.24) is 0 Å². The molecule has 18 heavy (non-hydrogen) atoms. The van der Waals surface area contributed by atoms with Crippen molar-refractivity contribution in [3.05, 3.63) is 65.0 Å². The number of anilines is 1. The van der Waals surface area contributed by atoms with Crippen LogP contribution in [-0.4, -0.2) is 0 Å². The Morgan fingerprint density at radius 3 is 2.28 bits per heavy atom. The second-order valence-electron chi connectivity index (χ2n) is 4.10. The largest absolute Gasteiger partial charge is 0.381 e. The highest BCUT2D eigenvalue weighted by Gasteiger charge is 2.10. The lowest BCUT2D eigenvalue weighted by Crippen LogP contribution is -2.02. The average Bonchev–Trinajstić information content (AvgIpc) is 2.33. The molecule has 0 saturated carbocycles. The van der Waals surface area contributed by atoms with Crippen LogP contribution < -0.4 is 5.32 Å². The third-order valence-corrected chi connectivity index (χ3v) is 2.56. The molecule has 4 heteroatoms. The zero-order valence-electron chi connectivity index (χ0n) is 9.81. The summed E-state index contributed by atoms with van der Waals surface area (Å²) in [4.78, 5) is 0. The molecule has 0 radical (unpaired) electrons. The van der Waals surface area contributed by atoms with Gasteiger partial charge in [-0.25, -0.2) is 13.2 Å². The molecule has 0 aliphatic rings. The molecule has 2 aromatic carbocycles. The van der Waals surface area contributed by atoms with E-state index in [4.69, 9.17) is 0 Å². The van der Waals surface area contributed by atoms with E-state index in [1.165, 1.54) is 0 Å². The van der Waals surface area contributed by atoms with Crippen molar-refractivity contribution >= 4 is 5.69 Å². The van der Waals surface area contributed by atoms with Crippen LogP contribution in [0.15, 0.2) is 36.4 Å². The van der Waals surface area contributed by atoms with Gasteiger partial charge in [0, 0.05) is 12.2 Å². The van der Waals surface area contributed by atoms with Gasteiger partial charge in [-0.1, -0.05) is 12.1 Å². The highest BCUT2D eigenvalue weighted by molar-refractivity contribution is 5.45. The number of halogens is 3. The molecule has 0 aliphatic heterocycles. The normalized spacial score (nSPS) is 10.4. The van der Waals surface area contributed by atoms with E-state index in [0.29, 0.717) is 5.56 Å². The summed E-state index contributed by atoms with van der Waals surface area (Å²) in [6, 6.07) is 9.56. The Balaban J connectivity index is 2.11. The maximum absolute atomic E-state index is 13.0. The fourth-order valence-electron chi connectivity index (χ4n) is 1.67. The van der Waals surface area contributed by atoms with Crippen LogP contribution in [0.1, 0.15) is 11.1 Å². The van der Waals surface area contributed by atoms with E-state index in [-0.39, 0.29) is 6.54 Å². The number of rotatable bonds is 3. The second-order valence-corrected chi connectivity index (χ2v) is 4.10. The monoisotopic (exact) mass is 251 g/mol. The first-order valence-electron chi connectivity index (χ1n) is 5.50. The van der Waals surface area contributed by atoms with Gasteiger partial charge in [-0.15, -0.1) is 0 Å². The molecule has 0 unspecified atom stereocenters. The summed E-state index contributed by atoms with van der Waals surface area (Å²) < 4.78 is 38.7. The quantitative estimate of drug-likeness (QED) is 0.812. The number of hydrogen-bond acceptors (Lipinski definition) is 1. The van der Waals surface area contributed by atoms with Crippen LogP contribution in [0.25, 0.3) is 0 Å². The number of nitrogens with one attached hydrogen (secondary N) is 1. The third-order valence-electron chi connectivity index (χ3n) is 2.56. The minimum absolute atomic E-state index is 0.234. The van der Waals surface area contributed by atoms with Crippen molar-refractivity contribution in [3.8, 4) is 0 Å². The van der Waals surface area contributed by atoms with Crippen LogP contribution in [0.4, 0.5) is 18.9 Å². The average molecular weight is 251 g/mol. The number of benzene rings is 2. The first kappa shape index (κ1) is 12.5. The van der Waals surface area contributed by atoms with E-state index in [1.807, 2.05) is 31.2 Å². The summed E-state index contributed by atoms with van der Waals surface area (Å²) in [5.74, 6) is -3.78. The molecule has 0 heterocycles. The van der Waals surface area contributed by atoms with Crippen molar-refractivity contribution in [2.75, 3.05) is 5.32 Å². The van der Waals surface area contributed by atoms with Crippen molar-refractivity contribution in [2.45, 2.75) is 13.5 Å². The zero-order valence-corrected chi connectivity index (χ0v) is 9.81. The van der Waals surface area contributed by atoms with Crippen LogP contribution >= 0.6 is 0 Å². The lowest BCUT2D eigenvalue weighted by Gasteiger charge is -2.08. The first-order valence-corrected chi connectivity index (χ1v) is 5.50. The molecular weight excluding hydrogens is 239 g/mol. The van der Waals surface area contributed by atoms with Crippen LogP contribution in [0.2, 0.25) is 0 Å². The van der Waals surface area contributed by atoms with Crippen molar-refractivity contribution < 1.29 is 13.2 Å². The Morgan fingerprint density at radius 2 is 1.67 bits per heavy atom. The lowest BCUT2D eigenvalue weighted by atomic mass is 10.2. The molecule has 0 atom stereocenters. The smallest absolute Gasteiger partial charge is 0.194 e. The standard InChI is InChI=1S/C14H12F3N/c1-9-3-2-4-11(5-9)18-8-10-6-12(15)14(17)13(16)7-10/h2-7,18H,8H2,1H3. The van der Waals surface area contributed by atoms with E-state index in [0.717, 1.165) is 23.4 Å². The van der Waals surface area contributed by atoms with E-state index in [2.05, 4.69) is 5.32 Å². The van der Waals surface area contributed by atoms with E-state index < -0.39 is 17.5 Å². The molecule has 0 amide bonds. The number of hydrogen-bond donors (Lipinski definition) is 1. The molecule has 1 nitrogen and oxygen atoms in total. The van der Waals surface area contributed by atoms with Crippen molar-refractivity contribution in [1.29, 1.82) is 0 Å². The van der Waals surface area contributed by atoms with Gasteiger partial charge in [0.1, 0.15) is 0 Å². The van der Waals surface area contributed by atoms with Gasteiger partial charge in [0.2, 0.25) is 0 Å². The summed E-state index contributed by atoms with van der Waals surface area (Å²) in [5.41, 5.74) is 2.28. The molecule has 0 fully saturated rings. The Labute approximate surface area is 103 Å². The molecule has 0 aliphatic carbocycles. The van der Waals surface area contributed by atoms with Crippen LogP contribution in [0.3, 0.4) is 0 Å². The Morgan fingerprint density at radius 1 is 1.00 bits per heavy atom. The maximum atomic E-state index is 13.0. The van der Waals surface area contributed by atoms with Crippen LogP contribution in [0, 0.1) is 24.4 Å². The van der Waals surface area contributed by atoms with Crippen LogP contribution in [-0.2, 0) is 6.54 Å². The highest BCUT2D eigenvalue weighted by atomic mass is 19.2. The van der Waals surface area contributed by atoms with Crippen molar-refractivity contribution in [2.24, 2.45) is 0 Å². The van der Waals surface area contributed by atoms with Gasteiger partial charge in [-0.2, -0.15) is 0 Å². The van der Waals surface area contributed by atoms with Crippen LogP contribution in [0.5, 0.6) is 0 Å². The minimum Gasteiger partial charge on any atom is -0.381 e. The van der Waals surface area contributed by atoms with Gasteiger partial charge < -0.3 is 5.32 Å². The van der Waals surface area contributed by atoms with Gasteiger partial charge in [-0.3, -0.25) is 0 Å². The molecule has 0 saturated heterocycles. The summed E-state index contributed by atoms with van der Waals surface area (Å²) in [6.07, 6.45) is 0. The van der Waals surface area contributed by atoms with Gasteiger partial charge >= 0.3 is 0 Å². The number of aryl methyl sites for hydroxylation is 1.